The van der Waals surface area contributed by atoms with Crippen LogP contribution in [0.1, 0.15) is 12.8 Å². The van der Waals surface area contributed by atoms with Crippen LogP contribution in [0.5, 0.6) is 0 Å². The van der Waals surface area contributed by atoms with Crippen LogP contribution in [0.3, 0.4) is 0 Å². The Kier molecular flexibility index (Phi) is 4.38. The summed E-state index contributed by atoms with van der Waals surface area (Å²) in [5.74, 6) is 0. The van der Waals surface area contributed by atoms with Gasteiger partial charge in [0.25, 0.3) is 0 Å². The van der Waals surface area contributed by atoms with E-state index in [-0.39, 0.29) is 0 Å². The number of rotatable bonds is 2. The molecule has 0 fully saturated rings. The summed E-state index contributed by atoms with van der Waals surface area (Å²) >= 11 is 0. The third-order valence-corrected chi connectivity index (χ3v) is 7.23. The predicted molar refractivity (Wildman–Crippen MR) is 147 cm³/mol. The molecule has 0 heterocycles. The Bertz CT molecular complexity index is 1720. The van der Waals surface area contributed by atoms with Crippen molar-refractivity contribution in [2.75, 3.05) is 0 Å². The van der Waals surface area contributed by atoms with Crippen molar-refractivity contribution in [2.24, 2.45) is 0 Å². The van der Waals surface area contributed by atoms with Gasteiger partial charge < -0.3 is 0 Å². The first-order valence-electron chi connectivity index (χ1n) is 12.1. The second kappa shape index (κ2) is 7.71. The summed E-state index contributed by atoms with van der Waals surface area (Å²) in [5.41, 5.74) is 5.30. The smallest absolute Gasteiger partial charge is 0.00295 e. The van der Waals surface area contributed by atoms with Crippen molar-refractivity contribution in [1.29, 1.82) is 0 Å². The molecule has 0 aliphatic heterocycles. The zero-order chi connectivity index (χ0) is 22.5. The fourth-order valence-corrected chi connectivity index (χ4v) is 5.67. The number of fused-ring (bicyclic) bond motifs is 4. The first-order chi connectivity index (χ1) is 16.9. The van der Waals surface area contributed by atoms with Crippen LogP contribution in [0.4, 0.5) is 0 Å². The van der Waals surface area contributed by atoms with E-state index >= 15 is 0 Å². The minimum absolute atomic E-state index is 1.09. The number of benzene rings is 6. The van der Waals surface area contributed by atoms with Gasteiger partial charge in [0.2, 0.25) is 0 Å². The van der Waals surface area contributed by atoms with Crippen molar-refractivity contribution in [3.05, 3.63) is 120 Å². The Labute approximate surface area is 199 Å². The van der Waals surface area contributed by atoms with Crippen LogP contribution < -0.4 is 10.4 Å². The van der Waals surface area contributed by atoms with Crippen LogP contribution in [-0.2, 0) is 0 Å². The highest BCUT2D eigenvalue weighted by molar-refractivity contribution is 6.07. The lowest BCUT2D eigenvalue weighted by Gasteiger charge is -2.18. The van der Waals surface area contributed by atoms with E-state index in [1.54, 1.807) is 0 Å². The van der Waals surface area contributed by atoms with E-state index in [1.165, 1.54) is 65.0 Å². The summed E-state index contributed by atoms with van der Waals surface area (Å²) in [5, 5.41) is 10.6. The van der Waals surface area contributed by atoms with E-state index < -0.39 is 0 Å². The fraction of sp³-hybridized carbons (Fsp3) is 0.0588. The second-order valence-corrected chi connectivity index (χ2v) is 9.23. The van der Waals surface area contributed by atoms with E-state index in [0.717, 1.165) is 12.8 Å². The molecule has 6 aromatic rings. The summed E-state index contributed by atoms with van der Waals surface area (Å²) in [6.07, 6.45) is 7.08. The summed E-state index contributed by atoms with van der Waals surface area (Å²) in [6, 6.07) is 40.1. The number of hydrogen-bond donors (Lipinski definition) is 0. The van der Waals surface area contributed by atoms with E-state index in [0.29, 0.717) is 0 Å². The first kappa shape index (κ1) is 19.3. The standard InChI is InChI=1S/C34H24/c1-3-11-25-21-27(19-17-23(25)9-1)33-29-13-5-7-15-31(29)34(32-16-8-6-14-30(32)33)28-20-18-24-10-2-4-12-26(24)22-28/h1-5,7,9-22H,6,8H2. The Morgan fingerprint density at radius 3 is 1.26 bits per heavy atom. The summed E-state index contributed by atoms with van der Waals surface area (Å²) in [4.78, 5) is 0. The molecule has 0 nitrogen and oxygen atoms in total. The fourth-order valence-electron chi connectivity index (χ4n) is 5.67. The first-order valence-corrected chi connectivity index (χ1v) is 12.1. The summed E-state index contributed by atoms with van der Waals surface area (Å²) in [6.45, 7) is 0. The maximum Gasteiger partial charge on any atom is -0.00295 e. The van der Waals surface area contributed by atoms with Crippen molar-refractivity contribution >= 4 is 44.5 Å². The van der Waals surface area contributed by atoms with Gasteiger partial charge in [-0.2, -0.15) is 0 Å². The average molecular weight is 433 g/mol. The van der Waals surface area contributed by atoms with Gasteiger partial charge in [-0.25, -0.2) is 0 Å². The molecule has 0 unspecified atom stereocenters. The molecule has 0 aromatic heterocycles. The molecule has 1 aliphatic rings. The van der Waals surface area contributed by atoms with E-state index in [1.807, 2.05) is 0 Å². The Morgan fingerprint density at radius 1 is 0.382 bits per heavy atom. The molecule has 7 rings (SSSR count). The van der Waals surface area contributed by atoms with Crippen molar-refractivity contribution < 1.29 is 0 Å². The third kappa shape index (κ3) is 2.99. The maximum absolute atomic E-state index is 2.46. The molecule has 0 atom stereocenters. The van der Waals surface area contributed by atoms with Gasteiger partial charge in [-0.15, -0.1) is 0 Å². The molecule has 1 aliphatic carbocycles. The monoisotopic (exact) mass is 432 g/mol. The molecule has 0 heteroatoms. The summed E-state index contributed by atoms with van der Waals surface area (Å²) in [7, 11) is 0. The highest BCUT2D eigenvalue weighted by Crippen LogP contribution is 2.34. The molecule has 6 aromatic carbocycles. The molecule has 0 bridgehead atoms. The number of hydrogen-bond acceptors (Lipinski definition) is 0. The largest absolute Gasteiger partial charge is 0.0757 e. The topological polar surface area (TPSA) is 0 Å². The van der Waals surface area contributed by atoms with Crippen molar-refractivity contribution in [3.63, 3.8) is 0 Å². The van der Waals surface area contributed by atoms with Gasteiger partial charge in [0, 0.05) is 0 Å². The molecule has 0 N–H and O–H groups in total. The van der Waals surface area contributed by atoms with Crippen LogP contribution in [0, 0.1) is 0 Å². The molecular weight excluding hydrogens is 408 g/mol. The minimum Gasteiger partial charge on any atom is -0.0757 e. The third-order valence-electron chi connectivity index (χ3n) is 7.23. The van der Waals surface area contributed by atoms with E-state index in [4.69, 9.17) is 0 Å². The average Bonchev–Trinajstić information content (AvgIpc) is 2.91. The predicted octanol–water partition coefficient (Wildman–Crippen LogP) is 7.84. The highest BCUT2D eigenvalue weighted by atomic mass is 14.2. The van der Waals surface area contributed by atoms with E-state index in [2.05, 4.69) is 121 Å². The van der Waals surface area contributed by atoms with Crippen LogP contribution in [-0.4, -0.2) is 0 Å². The molecule has 0 amide bonds. The van der Waals surface area contributed by atoms with Crippen LogP contribution in [0.25, 0.3) is 66.7 Å². The summed E-state index contributed by atoms with van der Waals surface area (Å²) < 4.78 is 0. The second-order valence-electron chi connectivity index (χ2n) is 9.23. The van der Waals surface area contributed by atoms with Gasteiger partial charge >= 0.3 is 0 Å². The molecular formula is C34H24. The van der Waals surface area contributed by atoms with Gasteiger partial charge in [0.15, 0.2) is 0 Å². The van der Waals surface area contributed by atoms with Crippen LogP contribution >= 0.6 is 0 Å². The highest BCUT2D eigenvalue weighted by Gasteiger charge is 2.16. The van der Waals surface area contributed by atoms with Crippen LogP contribution in [0.15, 0.2) is 109 Å². The molecule has 0 radical (unpaired) electrons. The molecule has 0 saturated carbocycles. The zero-order valence-corrected chi connectivity index (χ0v) is 19.0. The lowest BCUT2D eigenvalue weighted by molar-refractivity contribution is 1.12. The van der Waals surface area contributed by atoms with Gasteiger partial charge in [-0.05, 0) is 90.0 Å². The molecule has 160 valence electrons. The van der Waals surface area contributed by atoms with Crippen molar-refractivity contribution in [3.8, 4) is 22.3 Å². The Balaban J connectivity index is 1.61. The Morgan fingerprint density at radius 2 is 0.794 bits per heavy atom. The van der Waals surface area contributed by atoms with Gasteiger partial charge in [0.05, 0.1) is 0 Å². The normalized spacial score (nSPS) is 12.9. The quantitative estimate of drug-likeness (QED) is 0.261. The molecule has 0 spiro atoms. The maximum atomic E-state index is 2.46. The molecule has 34 heavy (non-hydrogen) atoms. The zero-order valence-electron chi connectivity index (χ0n) is 19.0. The lowest BCUT2D eigenvalue weighted by Crippen LogP contribution is -2.31. The SMILES string of the molecule is C1=c2c(-c3ccc4ccccc4c3)c3ccccc3c(-c3ccc4ccccc4c3)c2=CCC1. The minimum atomic E-state index is 1.09. The van der Waals surface area contributed by atoms with Crippen LogP contribution in [0.2, 0.25) is 0 Å². The van der Waals surface area contributed by atoms with Crippen molar-refractivity contribution in [1.82, 2.24) is 0 Å². The lowest BCUT2D eigenvalue weighted by atomic mass is 9.85. The van der Waals surface area contributed by atoms with E-state index in [9.17, 15) is 0 Å². The van der Waals surface area contributed by atoms with Gasteiger partial charge in [-0.3, -0.25) is 0 Å². The Hall–Kier alpha value is -4.16. The van der Waals surface area contributed by atoms with Gasteiger partial charge in [-0.1, -0.05) is 109 Å². The van der Waals surface area contributed by atoms with Gasteiger partial charge in [0.1, 0.15) is 0 Å². The van der Waals surface area contributed by atoms with Crippen molar-refractivity contribution in [2.45, 2.75) is 12.8 Å². The molecule has 0 saturated heterocycles.